The van der Waals surface area contributed by atoms with Gasteiger partial charge in [0.2, 0.25) is 6.29 Å². The van der Waals surface area contributed by atoms with Gasteiger partial charge in [-0.05, 0) is 18.1 Å². The topological polar surface area (TPSA) is 189 Å². The lowest BCUT2D eigenvalue weighted by molar-refractivity contribution is -0.339. The van der Waals surface area contributed by atoms with E-state index in [0.29, 0.717) is 0 Å². The van der Waals surface area contributed by atoms with Crippen molar-refractivity contribution in [2.75, 3.05) is 6.61 Å². The molecule has 1 fully saturated rings. The number of aliphatic hydroxyl groups is 3. The van der Waals surface area contributed by atoms with Gasteiger partial charge >= 0.3 is 17.9 Å². The quantitative estimate of drug-likeness (QED) is 0.230. The zero-order chi connectivity index (χ0) is 26.7. The molecule has 5 N–H and O–H groups in total. The SMILES string of the molecule is O=C(/C=C/c1ccccc1)OC[C@H]1O[C@@H](O[C@@H]2OC=C(C(=O)O)[C@H]3CC=C(C(=O)O)[C@@H]23)[C@H](O)[C@@H](O)[C@@H]1O. The normalized spacial score (nSPS) is 33.2. The molecule has 0 radical (unpaired) electrons. The predicted molar refractivity (Wildman–Crippen MR) is 122 cm³/mol. The summed E-state index contributed by atoms with van der Waals surface area (Å²) in [6.07, 6.45) is -4.33. The van der Waals surface area contributed by atoms with E-state index in [9.17, 15) is 39.9 Å². The predicted octanol–water partition coefficient (Wildman–Crippen LogP) is 0.0391. The third kappa shape index (κ3) is 5.73. The summed E-state index contributed by atoms with van der Waals surface area (Å²) in [5.74, 6) is -5.10. The number of benzene rings is 1. The summed E-state index contributed by atoms with van der Waals surface area (Å²) in [6, 6.07) is 8.96. The first-order valence-electron chi connectivity index (χ1n) is 11.4. The molecule has 0 bridgehead atoms. The van der Waals surface area contributed by atoms with Crippen LogP contribution in [0.4, 0.5) is 0 Å². The molecule has 1 aromatic rings. The van der Waals surface area contributed by atoms with Gasteiger partial charge in [0.15, 0.2) is 6.29 Å². The fourth-order valence-corrected chi connectivity index (χ4v) is 4.52. The van der Waals surface area contributed by atoms with Crippen molar-refractivity contribution in [3.63, 3.8) is 0 Å². The molecule has 12 heteroatoms. The van der Waals surface area contributed by atoms with Crippen molar-refractivity contribution in [3.8, 4) is 0 Å². The van der Waals surface area contributed by atoms with E-state index < -0.39 is 73.3 Å². The standard InChI is InChI=1S/C25H26O12/c26-17(9-6-12-4-2-1-3-5-12)34-11-16-19(27)20(28)21(29)25(36-16)37-24-18-13(7-8-14(18)22(30)31)15(10-35-24)23(32)33/h1-6,8-10,13,16,18-21,24-25,27-29H,7,11H2,(H,30,31)(H,32,33)/b9-6+/t13-,16-,18+,19-,20+,21-,24+,25+/m1/s1. The zero-order valence-electron chi connectivity index (χ0n) is 19.3. The Morgan fingerprint density at radius 2 is 1.65 bits per heavy atom. The van der Waals surface area contributed by atoms with Crippen LogP contribution in [0.5, 0.6) is 0 Å². The number of aliphatic hydroxyl groups excluding tert-OH is 3. The molecule has 12 nitrogen and oxygen atoms in total. The molecule has 1 aliphatic carbocycles. The number of carboxylic acids is 2. The number of hydrogen-bond acceptors (Lipinski definition) is 10. The molecule has 0 spiro atoms. The first kappa shape index (κ1) is 26.5. The fourth-order valence-electron chi connectivity index (χ4n) is 4.52. The number of carboxylic acid groups (broad SMARTS) is 2. The summed E-state index contributed by atoms with van der Waals surface area (Å²) in [6.45, 7) is -0.496. The number of carbonyl (C=O) groups is 3. The lowest BCUT2D eigenvalue weighted by Crippen LogP contribution is -2.60. The first-order chi connectivity index (χ1) is 17.7. The van der Waals surface area contributed by atoms with E-state index in [-0.39, 0.29) is 17.6 Å². The molecule has 0 unspecified atom stereocenters. The molecule has 1 aromatic carbocycles. The summed E-state index contributed by atoms with van der Waals surface area (Å²) in [5.41, 5.74) is 0.502. The lowest BCUT2D eigenvalue weighted by Gasteiger charge is -2.42. The molecule has 37 heavy (non-hydrogen) atoms. The van der Waals surface area contributed by atoms with Crippen LogP contribution in [0.2, 0.25) is 0 Å². The average Bonchev–Trinajstić information content (AvgIpc) is 3.33. The third-order valence-corrected chi connectivity index (χ3v) is 6.44. The van der Waals surface area contributed by atoms with Gasteiger partial charge in [-0.1, -0.05) is 36.4 Å². The summed E-state index contributed by atoms with van der Waals surface area (Å²) in [5, 5.41) is 50.1. The van der Waals surface area contributed by atoms with Crippen LogP contribution in [0.15, 0.2) is 59.9 Å². The molecular formula is C25H26O12. The number of esters is 1. The van der Waals surface area contributed by atoms with Crippen LogP contribution >= 0.6 is 0 Å². The number of hydrogen-bond donors (Lipinski definition) is 5. The van der Waals surface area contributed by atoms with Crippen LogP contribution in [-0.4, -0.2) is 87.0 Å². The molecule has 198 valence electrons. The number of aliphatic carboxylic acids is 2. The first-order valence-corrected chi connectivity index (χ1v) is 11.4. The second-order valence-corrected chi connectivity index (χ2v) is 8.74. The average molecular weight is 518 g/mol. The van der Waals surface area contributed by atoms with Crippen LogP contribution in [0, 0.1) is 11.8 Å². The molecule has 0 aromatic heterocycles. The maximum absolute atomic E-state index is 12.1. The second-order valence-electron chi connectivity index (χ2n) is 8.74. The monoisotopic (exact) mass is 518 g/mol. The minimum Gasteiger partial charge on any atom is -0.478 e. The molecule has 1 saturated heterocycles. The van der Waals surface area contributed by atoms with E-state index in [1.165, 1.54) is 18.2 Å². The van der Waals surface area contributed by atoms with Crippen molar-refractivity contribution in [3.05, 3.63) is 65.5 Å². The molecule has 2 heterocycles. The van der Waals surface area contributed by atoms with Gasteiger partial charge in [0.05, 0.1) is 17.8 Å². The van der Waals surface area contributed by atoms with Gasteiger partial charge in [-0.2, -0.15) is 0 Å². The van der Waals surface area contributed by atoms with Crippen molar-refractivity contribution in [1.29, 1.82) is 0 Å². The van der Waals surface area contributed by atoms with Crippen molar-refractivity contribution in [2.45, 2.75) is 43.4 Å². The fraction of sp³-hybridized carbons (Fsp3) is 0.400. The zero-order valence-corrected chi connectivity index (χ0v) is 19.3. The van der Waals surface area contributed by atoms with E-state index in [1.807, 2.05) is 6.07 Å². The highest BCUT2D eigenvalue weighted by Gasteiger charge is 2.51. The van der Waals surface area contributed by atoms with Crippen molar-refractivity contribution in [1.82, 2.24) is 0 Å². The Hall–Kier alpha value is -3.55. The molecule has 2 aliphatic heterocycles. The van der Waals surface area contributed by atoms with Gasteiger partial charge < -0.3 is 44.5 Å². The van der Waals surface area contributed by atoms with E-state index in [1.54, 1.807) is 24.3 Å². The number of carbonyl (C=O) groups excluding carboxylic acids is 1. The summed E-state index contributed by atoms with van der Waals surface area (Å²) >= 11 is 0. The number of allylic oxidation sites excluding steroid dienone is 1. The van der Waals surface area contributed by atoms with Crippen LogP contribution in [-0.2, 0) is 33.3 Å². The Bertz CT molecular complexity index is 1110. The van der Waals surface area contributed by atoms with Crippen molar-refractivity contribution >= 4 is 24.0 Å². The minimum atomic E-state index is -1.77. The summed E-state index contributed by atoms with van der Waals surface area (Å²) in [4.78, 5) is 35.4. The van der Waals surface area contributed by atoms with Crippen molar-refractivity contribution in [2.24, 2.45) is 11.8 Å². The van der Waals surface area contributed by atoms with E-state index in [2.05, 4.69) is 0 Å². The number of ether oxygens (including phenoxy) is 4. The summed E-state index contributed by atoms with van der Waals surface area (Å²) < 4.78 is 21.7. The maximum Gasteiger partial charge on any atom is 0.335 e. The number of rotatable bonds is 8. The Morgan fingerprint density at radius 3 is 2.32 bits per heavy atom. The second kappa shape index (κ2) is 11.2. The number of fused-ring (bicyclic) bond motifs is 1. The van der Waals surface area contributed by atoms with Crippen LogP contribution in [0.3, 0.4) is 0 Å². The Morgan fingerprint density at radius 1 is 0.946 bits per heavy atom. The van der Waals surface area contributed by atoms with Gasteiger partial charge in [0.1, 0.15) is 31.0 Å². The lowest BCUT2D eigenvalue weighted by atomic mass is 9.83. The van der Waals surface area contributed by atoms with E-state index in [0.717, 1.165) is 11.8 Å². The molecule has 0 amide bonds. The third-order valence-electron chi connectivity index (χ3n) is 6.44. The Balaban J connectivity index is 1.43. The molecule has 4 rings (SSSR count). The van der Waals surface area contributed by atoms with Gasteiger partial charge in [0.25, 0.3) is 0 Å². The van der Waals surface area contributed by atoms with Crippen LogP contribution in [0.25, 0.3) is 6.08 Å². The van der Waals surface area contributed by atoms with E-state index in [4.69, 9.17) is 18.9 Å². The van der Waals surface area contributed by atoms with Gasteiger partial charge in [0, 0.05) is 17.6 Å². The van der Waals surface area contributed by atoms with Gasteiger partial charge in [-0.15, -0.1) is 0 Å². The molecule has 0 saturated carbocycles. The Labute approximate surface area is 210 Å². The highest BCUT2D eigenvalue weighted by molar-refractivity contribution is 5.91. The van der Waals surface area contributed by atoms with Gasteiger partial charge in [-0.3, -0.25) is 0 Å². The highest BCUT2D eigenvalue weighted by atomic mass is 16.8. The Kier molecular flexibility index (Phi) is 8.05. The summed E-state index contributed by atoms with van der Waals surface area (Å²) in [7, 11) is 0. The minimum absolute atomic E-state index is 0.122. The van der Waals surface area contributed by atoms with Crippen molar-refractivity contribution < 1.29 is 58.9 Å². The van der Waals surface area contributed by atoms with Crippen LogP contribution < -0.4 is 0 Å². The smallest absolute Gasteiger partial charge is 0.335 e. The molecule has 3 aliphatic rings. The van der Waals surface area contributed by atoms with Gasteiger partial charge in [-0.25, -0.2) is 14.4 Å². The van der Waals surface area contributed by atoms with Crippen LogP contribution in [0.1, 0.15) is 12.0 Å². The van der Waals surface area contributed by atoms with E-state index >= 15 is 0 Å². The molecule has 8 atom stereocenters. The largest absolute Gasteiger partial charge is 0.478 e. The molecular weight excluding hydrogens is 492 g/mol. The maximum atomic E-state index is 12.1. The highest BCUT2D eigenvalue weighted by Crippen LogP contribution is 2.44.